The first-order valence-corrected chi connectivity index (χ1v) is 6.83. The van der Waals surface area contributed by atoms with Gasteiger partial charge in [0.15, 0.2) is 0 Å². The molecule has 8 nitrogen and oxygen atoms in total. The van der Waals surface area contributed by atoms with Gasteiger partial charge in [0.05, 0.1) is 10.5 Å². The number of aromatic amines is 1. The molecule has 0 saturated carbocycles. The fraction of sp³-hybridized carbons (Fsp3) is 0.286. The Morgan fingerprint density at radius 2 is 2.09 bits per heavy atom. The number of hydrogen-bond acceptors (Lipinski definition) is 5. The largest absolute Gasteiger partial charge is 0.351 e. The number of likely N-dealkylation sites (N-methyl/N-ethyl adjacent to an activating group) is 1. The number of hydrogen-bond donors (Lipinski definition) is 3. The number of fused-ring (bicyclic) bond motifs is 1. The summed E-state index contributed by atoms with van der Waals surface area (Å²) >= 11 is 0. The van der Waals surface area contributed by atoms with Gasteiger partial charge >= 0.3 is 0 Å². The molecular weight excluding hydrogens is 288 g/mol. The third-order valence-electron chi connectivity index (χ3n) is 3.12. The van der Waals surface area contributed by atoms with Crippen LogP contribution in [0.4, 0.5) is 5.69 Å². The summed E-state index contributed by atoms with van der Waals surface area (Å²) < 4.78 is 0. The van der Waals surface area contributed by atoms with E-state index in [-0.39, 0.29) is 11.3 Å². The van der Waals surface area contributed by atoms with E-state index in [0.717, 1.165) is 12.6 Å². The second-order valence-electron chi connectivity index (χ2n) is 4.64. The van der Waals surface area contributed by atoms with E-state index in [1.807, 2.05) is 6.92 Å². The smallest absolute Gasteiger partial charge is 0.270 e. The standard InChI is InChI=1S/C14H16N4O4/c1-2-15-5-6-16-14(20)11-8-13(19)17-12-4-3-9(18(21)22)7-10(11)12/h3-4,7-8,15H,2,5-6H2,1H3,(H,16,20)(H,17,19). The number of nitro benzene ring substituents is 1. The van der Waals surface area contributed by atoms with Gasteiger partial charge in [-0.3, -0.25) is 19.7 Å². The van der Waals surface area contributed by atoms with Gasteiger partial charge in [-0.25, -0.2) is 0 Å². The molecule has 2 aromatic rings. The first-order valence-electron chi connectivity index (χ1n) is 6.83. The Labute approximate surface area is 125 Å². The lowest BCUT2D eigenvalue weighted by Crippen LogP contribution is -2.32. The van der Waals surface area contributed by atoms with Crippen LogP contribution < -0.4 is 16.2 Å². The number of carbonyl (C=O) groups excluding carboxylic acids is 1. The van der Waals surface area contributed by atoms with Crippen molar-refractivity contribution in [3.05, 3.63) is 50.3 Å². The summed E-state index contributed by atoms with van der Waals surface area (Å²) in [6.45, 7) is 3.74. The van der Waals surface area contributed by atoms with Crippen LogP contribution in [0.1, 0.15) is 17.3 Å². The molecule has 0 aliphatic carbocycles. The minimum Gasteiger partial charge on any atom is -0.351 e. The molecular formula is C14H16N4O4. The van der Waals surface area contributed by atoms with Gasteiger partial charge in [-0.1, -0.05) is 6.92 Å². The number of H-pyrrole nitrogens is 1. The maximum Gasteiger partial charge on any atom is 0.270 e. The molecule has 3 N–H and O–H groups in total. The maximum absolute atomic E-state index is 12.2. The normalized spacial score (nSPS) is 10.6. The van der Waals surface area contributed by atoms with Gasteiger partial charge in [-0.05, 0) is 12.6 Å². The average Bonchev–Trinajstić information content (AvgIpc) is 2.50. The second-order valence-corrected chi connectivity index (χ2v) is 4.64. The minimum atomic E-state index is -0.544. The van der Waals surface area contributed by atoms with E-state index >= 15 is 0 Å². The van der Waals surface area contributed by atoms with Crippen molar-refractivity contribution in [2.45, 2.75) is 6.92 Å². The molecule has 0 aliphatic rings. The molecule has 0 spiro atoms. The van der Waals surface area contributed by atoms with Gasteiger partial charge in [0, 0.05) is 42.2 Å². The molecule has 22 heavy (non-hydrogen) atoms. The number of nitrogens with zero attached hydrogens (tertiary/aromatic N) is 1. The number of benzene rings is 1. The second kappa shape index (κ2) is 6.81. The van der Waals surface area contributed by atoms with Crippen LogP contribution in [-0.2, 0) is 0 Å². The van der Waals surface area contributed by atoms with Crippen LogP contribution in [-0.4, -0.2) is 35.4 Å². The van der Waals surface area contributed by atoms with E-state index in [0.29, 0.717) is 24.0 Å². The lowest BCUT2D eigenvalue weighted by atomic mass is 10.1. The third-order valence-corrected chi connectivity index (χ3v) is 3.12. The SMILES string of the molecule is CCNCCNC(=O)c1cc(=O)[nH]c2ccc([N+](=O)[O-])cc12. The first kappa shape index (κ1) is 15.6. The Morgan fingerprint density at radius 1 is 1.32 bits per heavy atom. The van der Waals surface area contributed by atoms with Crippen molar-refractivity contribution in [3.63, 3.8) is 0 Å². The Hall–Kier alpha value is -2.74. The van der Waals surface area contributed by atoms with Crippen molar-refractivity contribution in [3.8, 4) is 0 Å². The van der Waals surface area contributed by atoms with Crippen molar-refractivity contribution < 1.29 is 9.72 Å². The summed E-state index contributed by atoms with van der Waals surface area (Å²) in [7, 11) is 0. The van der Waals surface area contributed by atoms with E-state index < -0.39 is 16.4 Å². The number of carbonyl (C=O) groups is 1. The molecule has 0 saturated heterocycles. The molecule has 1 aromatic heterocycles. The zero-order valence-corrected chi connectivity index (χ0v) is 12.0. The van der Waals surface area contributed by atoms with Crippen LogP contribution in [0.25, 0.3) is 10.9 Å². The number of non-ortho nitro benzene ring substituents is 1. The van der Waals surface area contributed by atoms with Gasteiger partial charge in [0.2, 0.25) is 5.56 Å². The van der Waals surface area contributed by atoms with Crippen LogP contribution >= 0.6 is 0 Å². The molecule has 1 aromatic carbocycles. The zero-order chi connectivity index (χ0) is 16.1. The van der Waals surface area contributed by atoms with Crippen LogP contribution in [0.5, 0.6) is 0 Å². The molecule has 0 bridgehead atoms. The van der Waals surface area contributed by atoms with Gasteiger partial charge in [0.25, 0.3) is 11.6 Å². The van der Waals surface area contributed by atoms with E-state index in [1.165, 1.54) is 18.2 Å². The fourth-order valence-electron chi connectivity index (χ4n) is 2.08. The van der Waals surface area contributed by atoms with Crippen LogP contribution in [0.2, 0.25) is 0 Å². The van der Waals surface area contributed by atoms with Crippen LogP contribution in [0.15, 0.2) is 29.1 Å². The summed E-state index contributed by atoms with van der Waals surface area (Å²) in [5.74, 6) is -0.436. The molecule has 0 atom stereocenters. The van der Waals surface area contributed by atoms with Crippen molar-refractivity contribution in [1.82, 2.24) is 15.6 Å². The van der Waals surface area contributed by atoms with Crippen molar-refractivity contribution in [2.75, 3.05) is 19.6 Å². The summed E-state index contributed by atoms with van der Waals surface area (Å²) in [6, 6.07) is 5.13. The summed E-state index contributed by atoms with van der Waals surface area (Å²) in [5.41, 5.74) is -0.0617. The highest BCUT2D eigenvalue weighted by molar-refractivity contribution is 6.06. The molecule has 0 fully saturated rings. The van der Waals surface area contributed by atoms with E-state index in [2.05, 4.69) is 15.6 Å². The molecule has 0 radical (unpaired) electrons. The Kier molecular flexibility index (Phi) is 4.84. The lowest BCUT2D eigenvalue weighted by molar-refractivity contribution is -0.384. The molecule has 0 aliphatic heterocycles. The monoisotopic (exact) mass is 304 g/mol. The minimum absolute atomic E-state index is 0.124. The van der Waals surface area contributed by atoms with Gasteiger partial charge in [-0.15, -0.1) is 0 Å². The molecule has 1 heterocycles. The molecule has 2 rings (SSSR count). The van der Waals surface area contributed by atoms with Crippen molar-refractivity contribution >= 4 is 22.5 Å². The van der Waals surface area contributed by atoms with Crippen molar-refractivity contribution in [1.29, 1.82) is 0 Å². The fourth-order valence-corrected chi connectivity index (χ4v) is 2.08. The highest BCUT2D eigenvalue weighted by Gasteiger charge is 2.15. The Bertz CT molecular complexity index is 769. The highest BCUT2D eigenvalue weighted by atomic mass is 16.6. The molecule has 8 heteroatoms. The summed E-state index contributed by atoms with van der Waals surface area (Å²) in [5, 5.41) is 16.9. The lowest BCUT2D eigenvalue weighted by Gasteiger charge is -2.08. The number of nitro groups is 1. The zero-order valence-electron chi connectivity index (χ0n) is 12.0. The Balaban J connectivity index is 2.38. The van der Waals surface area contributed by atoms with Crippen LogP contribution in [0, 0.1) is 10.1 Å². The number of rotatable bonds is 6. The topological polar surface area (TPSA) is 117 Å². The van der Waals surface area contributed by atoms with Crippen LogP contribution in [0.3, 0.4) is 0 Å². The predicted molar refractivity (Wildman–Crippen MR) is 82.1 cm³/mol. The summed E-state index contributed by atoms with van der Waals surface area (Å²) in [6.07, 6.45) is 0. The quantitative estimate of drug-likeness (QED) is 0.414. The third kappa shape index (κ3) is 3.47. The van der Waals surface area contributed by atoms with Gasteiger partial charge < -0.3 is 15.6 Å². The maximum atomic E-state index is 12.2. The average molecular weight is 304 g/mol. The Morgan fingerprint density at radius 3 is 2.77 bits per heavy atom. The molecule has 1 amide bonds. The predicted octanol–water partition coefficient (Wildman–Crippen LogP) is 0.776. The number of aromatic nitrogens is 1. The first-order chi connectivity index (χ1) is 10.5. The molecule has 116 valence electrons. The molecule has 0 unspecified atom stereocenters. The van der Waals surface area contributed by atoms with E-state index in [4.69, 9.17) is 0 Å². The van der Waals surface area contributed by atoms with Gasteiger partial charge in [0.1, 0.15) is 0 Å². The number of nitrogens with one attached hydrogen (secondary N) is 3. The van der Waals surface area contributed by atoms with Crippen molar-refractivity contribution in [2.24, 2.45) is 0 Å². The highest BCUT2D eigenvalue weighted by Crippen LogP contribution is 2.21. The number of pyridine rings is 1. The number of amides is 1. The van der Waals surface area contributed by atoms with Gasteiger partial charge in [-0.2, -0.15) is 0 Å². The van der Waals surface area contributed by atoms with E-state index in [9.17, 15) is 19.7 Å². The summed E-state index contributed by atoms with van der Waals surface area (Å²) in [4.78, 5) is 36.7. The van der Waals surface area contributed by atoms with E-state index in [1.54, 1.807) is 0 Å².